The van der Waals surface area contributed by atoms with Crippen molar-refractivity contribution in [3.8, 4) is 0 Å². The molecule has 1 unspecified atom stereocenters. The van der Waals surface area contributed by atoms with E-state index in [0.717, 1.165) is 23.8 Å². The lowest BCUT2D eigenvalue weighted by molar-refractivity contribution is -0.150. The molecule has 1 atom stereocenters. The fourth-order valence-corrected chi connectivity index (χ4v) is 4.29. The molecule has 3 rings (SSSR count). The molecule has 0 aliphatic heterocycles. The van der Waals surface area contributed by atoms with Gasteiger partial charge >= 0.3 is 5.97 Å². The summed E-state index contributed by atoms with van der Waals surface area (Å²) in [6.45, 7) is 9.04. The number of carbonyl (C=O) groups is 1. The van der Waals surface area contributed by atoms with Crippen LogP contribution in [-0.4, -0.2) is 27.3 Å². The van der Waals surface area contributed by atoms with Gasteiger partial charge in [0.1, 0.15) is 8.07 Å². The van der Waals surface area contributed by atoms with E-state index in [1.807, 2.05) is 6.07 Å². The number of ether oxygens (including phenoxy) is 2. The smallest absolute Gasteiger partial charge is 0.303 e. The van der Waals surface area contributed by atoms with Crippen molar-refractivity contribution in [3.63, 3.8) is 0 Å². The Kier molecular flexibility index (Phi) is 6.93. The van der Waals surface area contributed by atoms with Crippen molar-refractivity contribution in [3.05, 3.63) is 65.9 Å². The summed E-state index contributed by atoms with van der Waals surface area (Å²) >= 11 is 0. The molecule has 29 heavy (non-hydrogen) atoms. The Morgan fingerprint density at radius 3 is 2.52 bits per heavy atom. The first-order valence-electron chi connectivity index (χ1n) is 10.1. The van der Waals surface area contributed by atoms with E-state index in [2.05, 4.69) is 62.1 Å². The molecule has 4 nitrogen and oxygen atoms in total. The Morgan fingerprint density at radius 2 is 1.83 bits per heavy atom. The van der Waals surface area contributed by atoms with Crippen LogP contribution in [0.25, 0.3) is 10.8 Å². The lowest BCUT2D eigenvalue weighted by Gasteiger charge is -2.16. The van der Waals surface area contributed by atoms with Crippen molar-refractivity contribution in [1.82, 2.24) is 0 Å². The molecule has 0 spiro atoms. The number of hydrogen-bond donors (Lipinski definition) is 0. The summed E-state index contributed by atoms with van der Waals surface area (Å²) in [7, 11) is -1.55. The maximum absolute atomic E-state index is 11.5. The molecule has 0 fully saturated rings. The molecule has 1 heterocycles. The second-order valence-electron chi connectivity index (χ2n) is 8.45. The molecular weight excluding hydrogens is 380 g/mol. The molecule has 154 valence electrons. The van der Waals surface area contributed by atoms with Crippen molar-refractivity contribution in [2.75, 3.05) is 13.2 Å². The monoisotopic (exact) mass is 410 g/mol. The highest BCUT2D eigenvalue weighted by Crippen LogP contribution is 2.20. The molecule has 5 heteroatoms. The first kappa shape index (κ1) is 21.3. The highest BCUT2D eigenvalue weighted by Gasteiger charge is 2.24. The number of carbonyl (C=O) groups excluding carboxylic acids is 1. The number of aryl methyl sites for hydroxylation is 1. The van der Waals surface area contributed by atoms with E-state index in [1.54, 1.807) is 6.26 Å². The van der Waals surface area contributed by atoms with Crippen molar-refractivity contribution in [1.29, 1.82) is 0 Å². The molecule has 0 bridgehead atoms. The third-order valence-corrected chi connectivity index (χ3v) is 6.62. The van der Waals surface area contributed by atoms with E-state index in [4.69, 9.17) is 13.9 Å². The van der Waals surface area contributed by atoms with Gasteiger partial charge in [0.15, 0.2) is 6.10 Å². The molecule has 0 radical (unpaired) electrons. The Morgan fingerprint density at radius 1 is 1.07 bits per heavy atom. The third-order valence-electron chi connectivity index (χ3n) is 4.88. The Bertz CT molecular complexity index is 955. The van der Waals surface area contributed by atoms with Gasteiger partial charge in [-0.3, -0.25) is 4.79 Å². The topological polar surface area (TPSA) is 48.7 Å². The van der Waals surface area contributed by atoms with Gasteiger partial charge < -0.3 is 13.9 Å². The lowest BCUT2D eigenvalue weighted by atomic mass is 10.0. The molecule has 0 N–H and O–H groups in total. The van der Waals surface area contributed by atoms with Crippen molar-refractivity contribution < 1.29 is 18.7 Å². The normalized spacial score (nSPS) is 12.8. The standard InChI is InChI=1S/C24H30O4Si/c1-18(25)28-23(22-15-24(27-16-22)29(2,3)4)17-26-13-7-8-19-11-12-20-9-5-6-10-21(20)14-19/h5-6,9-12,14-16,23H,7-8,13,17H2,1-4H3. The molecule has 0 saturated carbocycles. The van der Waals surface area contributed by atoms with Crippen molar-refractivity contribution in [2.24, 2.45) is 0 Å². The Hall–Kier alpha value is -2.37. The fourth-order valence-electron chi connectivity index (χ4n) is 3.27. The summed E-state index contributed by atoms with van der Waals surface area (Å²) in [6, 6.07) is 17.0. The molecule has 3 aromatic rings. The fraction of sp³-hybridized carbons (Fsp3) is 0.375. The average Bonchev–Trinajstić information content (AvgIpc) is 3.17. The van der Waals surface area contributed by atoms with Gasteiger partial charge in [-0.15, -0.1) is 0 Å². The minimum Gasteiger partial charge on any atom is -0.474 e. The molecule has 0 amide bonds. The first-order valence-corrected chi connectivity index (χ1v) is 13.6. The zero-order valence-electron chi connectivity index (χ0n) is 17.7. The van der Waals surface area contributed by atoms with Crippen LogP contribution in [0.5, 0.6) is 0 Å². The largest absolute Gasteiger partial charge is 0.474 e. The van der Waals surface area contributed by atoms with Gasteiger partial charge in [-0.25, -0.2) is 0 Å². The Labute approximate surface area is 173 Å². The van der Waals surface area contributed by atoms with Crippen LogP contribution in [0.15, 0.2) is 59.2 Å². The van der Waals surface area contributed by atoms with Gasteiger partial charge in [0, 0.05) is 19.1 Å². The maximum atomic E-state index is 11.5. The van der Waals surface area contributed by atoms with Crippen LogP contribution in [0, 0.1) is 0 Å². The van der Waals surface area contributed by atoms with Crippen LogP contribution in [0.3, 0.4) is 0 Å². The summed E-state index contributed by atoms with van der Waals surface area (Å²) in [5, 5.41) is 3.52. The van der Waals surface area contributed by atoms with E-state index in [0.29, 0.717) is 13.2 Å². The highest BCUT2D eigenvalue weighted by atomic mass is 28.3. The van der Waals surface area contributed by atoms with Crippen LogP contribution in [0.2, 0.25) is 19.6 Å². The summed E-state index contributed by atoms with van der Waals surface area (Å²) < 4.78 is 17.0. The Balaban J connectivity index is 1.51. The predicted octanol–water partition coefficient (Wildman–Crippen LogP) is 5.23. The third kappa shape index (κ3) is 6.05. The predicted molar refractivity (Wildman–Crippen MR) is 119 cm³/mol. The number of benzene rings is 2. The summed E-state index contributed by atoms with van der Waals surface area (Å²) in [5.41, 5.74) is 2.17. The van der Waals surface area contributed by atoms with E-state index in [9.17, 15) is 4.79 Å². The van der Waals surface area contributed by atoms with Gasteiger partial charge in [-0.2, -0.15) is 0 Å². The number of fused-ring (bicyclic) bond motifs is 1. The lowest BCUT2D eigenvalue weighted by Crippen LogP contribution is -2.36. The SMILES string of the molecule is CC(=O)OC(COCCCc1ccc2ccccc2c1)c1coc([Si](C)(C)C)c1. The minimum atomic E-state index is -1.55. The average molecular weight is 411 g/mol. The number of esters is 1. The zero-order valence-corrected chi connectivity index (χ0v) is 18.7. The molecular formula is C24H30O4Si. The number of hydrogen-bond acceptors (Lipinski definition) is 4. The molecule has 0 saturated heterocycles. The highest BCUT2D eigenvalue weighted by molar-refractivity contribution is 6.87. The van der Waals surface area contributed by atoms with Crippen molar-refractivity contribution >= 4 is 30.2 Å². The van der Waals surface area contributed by atoms with Crippen LogP contribution < -0.4 is 5.38 Å². The molecule has 0 aliphatic rings. The molecule has 2 aromatic carbocycles. The summed E-state index contributed by atoms with van der Waals surface area (Å²) in [5.74, 6) is -0.314. The van der Waals surface area contributed by atoms with E-state index < -0.39 is 14.2 Å². The van der Waals surface area contributed by atoms with Gasteiger partial charge in [0.25, 0.3) is 0 Å². The number of furan rings is 1. The van der Waals surface area contributed by atoms with E-state index in [1.165, 1.54) is 23.3 Å². The first-order chi connectivity index (χ1) is 13.8. The quantitative estimate of drug-likeness (QED) is 0.275. The molecule has 1 aromatic heterocycles. The van der Waals surface area contributed by atoms with Gasteiger partial charge in [0.2, 0.25) is 0 Å². The zero-order chi connectivity index (χ0) is 20.9. The molecule has 0 aliphatic carbocycles. The maximum Gasteiger partial charge on any atom is 0.303 e. The van der Waals surface area contributed by atoms with Gasteiger partial charge in [-0.05, 0) is 35.2 Å². The summed E-state index contributed by atoms with van der Waals surface area (Å²) in [4.78, 5) is 11.5. The van der Waals surface area contributed by atoms with Crippen molar-refractivity contribution in [2.45, 2.75) is 45.5 Å². The van der Waals surface area contributed by atoms with Gasteiger partial charge in [0.05, 0.1) is 18.3 Å². The van der Waals surface area contributed by atoms with E-state index >= 15 is 0 Å². The minimum absolute atomic E-state index is 0.314. The number of rotatable bonds is 9. The second-order valence-corrected chi connectivity index (χ2v) is 13.4. The van der Waals surface area contributed by atoms with E-state index in [-0.39, 0.29) is 5.97 Å². The van der Waals surface area contributed by atoms with Crippen LogP contribution in [0.1, 0.15) is 30.6 Å². The van der Waals surface area contributed by atoms with Gasteiger partial charge in [-0.1, -0.05) is 62.1 Å². The van der Waals surface area contributed by atoms with Crippen LogP contribution in [0.4, 0.5) is 0 Å². The van der Waals surface area contributed by atoms with Crippen LogP contribution in [-0.2, 0) is 20.7 Å². The summed E-state index contributed by atoms with van der Waals surface area (Å²) in [6.07, 6.45) is 3.13. The van der Waals surface area contributed by atoms with Crippen LogP contribution >= 0.6 is 0 Å². The second kappa shape index (κ2) is 9.42.